The molecule has 2 aromatic heterocycles. The van der Waals surface area contributed by atoms with Gasteiger partial charge in [-0.25, -0.2) is 4.98 Å². The van der Waals surface area contributed by atoms with Gasteiger partial charge in [-0.1, -0.05) is 43.7 Å². The fraction of sp³-hybridized carbons (Fsp3) is 0.357. The third-order valence-corrected chi connectivity index (χ3v) is 6.03. The molecule has 7 heteroatoms. The van der Waals surface area contributed by atoms with E-state index in [0.717, 1.165) is 39.1 Å². The summed E-state index contributed by atoms with van der Waals surface area (Å²) < 4.78 is 11.7. The molecule has 0 fully saturated rings. The number of esters is 1. The summed E-state index contributed by atoms with van der Waals surface area (Å²) in [6.07, 6.45) is 2.05. The van der Waals surface area contributed by atoms with E-state index >= 15 is 0 Å². The number of benzene rings is 1. The van der Waals surface area contributed by atoms with Crippen molar-refractivity contribution in [2.75, 3.05) is 7.05 Å². The molecule has 0 saturated carbocycles. The molecule has 1 aromatic carbocycles. The molecule has 0 spiro atoms. The largest absolute Gasteiger partial charge is 0.486 e. The summed E-state index contributed by atoms with van der Waals surface area (Å²) in [4.78, 5) is 25.9. The zero-order valence-electron chi connectivity index (χ0n) is 21.4. The molecule has 0 aliphatic heterocycles. The number of hydrogen-bond acceptors (Lipinski definition) is 6. The summed E-state index contributed by atoms with van der Waals surface area (Å²) >= 11 is 6.56. The molecule has 0 N–H and O–H groups in total. The number of pyridine rings is 2. The molecule has 0 radical (unpaired) electrons. The van der Waals surface area contributed by atoms with Crippen LogP contribution in [0.5, 0.6) is 5.75 Å². The van der Waals surface area contributed by atoms with E-state index in [1.165, 1.54) is 0 Å². The summed E-state index contributed by atoms with van der Waals surface area (Å²) in [5.41, 5.74) is 6.63. The van der Waals surface area contributed by atoms with Crippen LogP contribution in [0.3, 0.4) is 0 Å². The number of aliphatic imine (C=N–C) groups is 1. The number of nitrogens with zero attached hydrogens (tertiary/aromatic N) is 3. The van der Waals surface area contributed by atoms with Gasteiger partial charge in [0.25, 0.3) is 0 Å². The van der Waals surface area contributed by atoms with Gasteiger partial charge in [-0.05, 0) is 51.5 Å². The Hall–Kier alpha value is -3.25. The van der Waals surface area contributed by atoms with Crippen LogP contribution in [0.25, 0.3) is 10.9 Å². The van der Waals surface area contributed by atoms with E-state index in [-0.39, 0.29) is 25.1 Å². The lowest BCUT2D eigenvalue weighted by Crippen LogP contribution is -2.14. The lowest BCUT2D eigenvalue weighted by atomic mass is 9.98. The minimum Gasteiger partial charge on any atom is -0.486 e. The normalized spacial score (nSPS) is 12.4. The van der Waals surface area contributed by atoms with Gasteiger partial charge in [0, 0.05) is 34.9 Å². The highest BCUT2D eigenvalue weighted by atomic mass is 35.5. The topological polar surface area (TPSA) is 73.7 Å². The summed E-state index contributed by atoms with van der Waals surface area (Å²) in [6, 6.07) is 9.68. The minimum atomic E-state index is -0.289. The molecule has 3 rings (SSSR count). The zero-order chi connectivity index (χ0) is 25.7. The summed E-state index contributed by atoms with van der Waals surface area (Å²) in [7, 11) is 1.80. The maximum atomic E-state index is 12.0. The van der Waals surface area contributed by atoms with Gasteiger partial charge in [0.05, 0.1) is 22.3 Å². The summed E-state index contributed by atoms with van der Waals surface area (Å²) in [5, 5.41) is 1.47. The predicted molar refractivity (Wildman–Crippen MR) is 141 cm³/mol. The minimum absolute atomic E-state index is 0.0348. The van der Waals surface area contributed by atoms with Crippen molar-refractivity contribution < 1.29 is 14.3 Å². The smallest absolute Gasteiger partial charge is 0.308 e. The third-order valence-electron chi connectivity index (χ3n) is 5.69. The van der Waals surface area contributed by atoms with Gasteiger partial charge in [0.15, 0.2) is 0 Å². The number of carbonyl (C=O) groups excluding carboxylic acids is 1. The van der Waals surface area contributed by atoms with Crippen molar-refractivity contribution in [2.24, 2.45) is 10.9 Å². The number of fused-ring (bicyclic) bond motifs is 1. The van der Waals surface area contributed by atoms with E-state index in [4.69, 9.17) is 26.1 Å². The molecule has 2 heterocycles. The molecule has 0 aliphatic rings. The van der Waals surface area contributed by atoms with Crippen molar-refractivity contribution in [3.05, 3.63) is 75.2 Å². The first-order valence-corrected chi connectivity index (χ1v) is 12.0. The molecule has 0 atom stereocenters. The molecular formula is C28H32ClN3O3. The molecule has 0 bridgehead atoms. The molecule has 184 valence electrons. The standard InChI is InChI=1S/C28H32ClN3O3/c1-8-17(4)26(30-7)21-12-18(5)32-27-20(21)10-9-11-25(27)34-14-22-23(29)13-19(6)31-24(22)15-35-28(33)16(2)3/h8-13,16H,14-15H2,1-7H3/b17-8-,30-26?. The third kappa shape index (κ3) is 6.06. The fourth-order valence-corrected chi connectivity index (χ4v) is 4.08. The van der Waals surface area contributed by atoms with Gasteiger partial charge in [0.2, 0.25) is 0 Å². The van der Waals surface area contributed by atoms with Gasteiger partial charge in [-0.15, -0.1) is 0 Å². The summed E-state index contributed by atoms with van der Waals surface area (Å²) in [6.45, 7) is 11.6. The van der Waals surface area contributed by atoms with Crippen LogP contribution in [-0.4, -0.2) is 28.7 Å². The molecule has 0 amide bonds. The predicted octanol–water partition coefficient (Wildman–Crippen LogP) is 6.56. The Kier molecular flexibility index (Phi) is 8.62. The van der Waals surface area contributed by atoms with Gasteiger partial charge in [-0.3, -0.25) is 14.8 Å². The fourth-order valence-electron chi connectivity index (χ4n) is 3.76. The molecule has 35 heavy (non-hydrogen) atoms. The van der Waals surface area contributed by atoms with Crippen molar-refractivity contribution in [2.45, 2.75) is 54.8 Å². The van der Waals surface area contributed by atoms with E-state index < -0.39 is 0 Å². The van der Waals surface area contributed by atoms with Crippen LogP contribution in [0.4, 0.5) is 0 Å². The van der Waals surface area contributed by atoms with Crippen molar-refractivity contribution in [1.82, 2.24) is 9.97 Å². The number of para-hydroxylation sites is 1. The second-order valence-electron chi connectivity index (χ2n) is 8.73. The second kappa shape index (κ2) is 11.5. The number of halogens is 1. The van der Waals surface area contributed by atoms with Crippen LogP contribution in [-0.2, 0) is 22.7 Å². The van der Waals surface area contributed by atoms with Gasteiger partial charge in [0.1, 0.15) is 24.5 Å². The first-order chi connectivity index (χ1) is 16.7. The van der Waals surface area contributed by atoms with Crippen LogP contribution >= 0.6 is 11.6 Å². The van der Waals surface area contributed by atoms with E-state index in [2.05, 4.69) is 9.98 Å². The molecule has 0 aliphatic carbocycles. The van der Waals surface area contributed by atoms with Crippen LogP contribution in [0.1, 0.15) is 55.9 Å². The van der Waals surface area contributed by atoms with Crippen molar-refractivity contribution in [3.8, 4) is 5.75 Å². The molecule has 0 unspecified atom stereocenters. The lowest BCUT2D eigenvalue weighted by molar-refractivity contribution is -0.148. The average Bonchev–Trinajstić information content (AvgIpc) is 2.81. The maximum Gasteiger partial charge on any atom is 0.308 e. The molecule has 0 saturated heterocycles. The van der Waals surface area contributed by atoms with Crippen molar-refractivity contribution in [3.63, 3.8) is 0 Å². The molecule has 6 nitrogen and oxygen atoms in total. The number of ether oxygens (including phenoxy) is 2. The van der Waals surface area contributed by atoms with Gasteiger partial charge >= 0.3 is 5.97 Å². The van der Waals surface area contributed by atoms with Crippen molar-refractivity contribution >= 4 is 34.2 Å². The number of hydrogen-bond donors (Lipinski definition) is 0. The Balaban J connectivity index is 1.99. The summed E-state index contributed by atoms with van der Waals surface area (Å²) in [5.74, 6) is 0.113. The highest BCUT2D eigenvalue weighted by Gasteiger charge is 2.17. The number of aryl methyl sites for hydroxylation is 2. The lowest BCUT2D eigenvalue weighted by Gasteiger charge is -2.16. The highest BCUT2D eigenvalue weighted by Crippen LogP contribution is 2.31. The second-order valence-corrected chi connectivity index (χ2v) is 9.14. The SMILES string of the molecule is C/C=C(/C)C(=NC)c1cc(C)nc2c(OCc3c(Cl)cc(C)nc3COC(=O)C(C)C)cccc12. The Morgan fingerprint density at radius 2 is 1.86 bits per heavy atom. The number of rotatable bonds is 8. The Morgan fingerprint density at radius 1 is 1.14 bits per heavy atom. The first-order valence-electron chi connectivity index (χ1n) is 11.6. The van der Waals surface area contributed by atoms with Crippen LogP contribution in [0.15, 0.2) is 47.0 Å². The van der Waals surface area contributed by atoms with Gasteiger partial charge in [-0.2, -0.15) is 0 Å². The van der Waals surface area contributed by atoms with Crippen LogP contribution in [0, 0.1) is 19.8 Å². The van der Waals surface area contributed by atoms with E-state index in [1.807, 2.05) is 58.0 Å². The van der Waals surface area contributed by atoms with E-state index in [9.17, 15) is 4.79 Å². The number of carbonyl (C=O) groups is 1. The molecular weight excluding hydrogens is 462 g/mol. The van der Waals surface area contributed by atoms with E-state index in [1.54, 1.807) is 27.0 Å². The maximum absolute atomic E-state index is 12.0. The van der Waals surface area contributed by atoms with E-state index in [0.29, 0.717) is 22.0 Å². The average molecular weight is 494 g/mol. The highest BCUT2D eigenvalue weighted by molar-refractivity contribution is 6.31. The Bertz CT molecular complexity index is 1310. The monoisotopic (exact) mass is 493 g/mol. The Labute approximate surface area is 212 Å². The first kappa shape index (κ1) is 26.4. The zero-order valence-corrected chi connectivity index (χ0v) is 22.2. The van der Waals surface area contributed by atoms with Crippen molar-refractivity contribution in [1.29, 1.82) is 0 Å². The quantitative estimate of drug-likeness (QED) is 0.262. The number of allylic oxidation sites excluding steroid dienone is 2. The Morgan fingerprint density at radius 3 is 2.51 bits per heavy atom. The number of aromatic nitrogens is 2. The van der Waals surface area contributed by atoms with Gasteiger partial charge < -0.3 is 9.47 Å². The van der Waals surface area contributed by atoms with Crippen LogP contribution < -0.4 is 4.74 Å². The molecule has 3 aromatic rings. The van der Waals surface area contributed by atoms with Crippen LogP contribution in [0.2, 0.25) is 5.02 Å².